The van der Waals surface area contributed by atoms with E-state index in [0.29, 0.717) is 0 Å². The Balaban J connectivity index is 0. The van der Waals surface area contributed by atoms with Gasteiger partial charge in [-0.1, -0.05) is 0 Å². The molecule has 0 heterocycles. The second kappa shape index (κ2) is 6.21. The standard InChI is InChI=1S/C5H9NO4.V/c6-3(5(9)10)1-2-4(7)8;/h3H,1-2,6H2,(H,7,8)(H,9,10);/t3-;/m0./s1. The van der Waals surface area contributed by atoms with Crippen molar-refractivity contribution in [3.05, 3.63) is 0 Å². The van der Waals surface area contributed by atoms with Crippen molar-refractivity contribution in [1.82, 2.24) is 0 Å². The minimum Gasteiger partial charge on any atom is -0.481 e. The Morgan fingerprint density at radius 1 is 1.36 bits per heavy atom. The van der Waals surface area contributed by atoms with E-state index in [1.807, 2.05) is 0 Å². The molecule has 6 heteroatoms. The van der Waals surface area contributed by atoms with Crippen molar-refractivity contribution in [3.63, 3.8) is 0 Å². The third-order valence-corrected chi connectivity index (χ3v) is 0.986. The molecule has 0 saturated carbocycles. The summed E-state index contributed by atoms with van der Waals surface area (Å²) < 4.78 is 0. The summed E-state index contributed by atoms with van der Waals surface area (Å²) in [6, 6.07) is -1.06. The molecule has 1 radical (unpaired) electrons. The number of hydrogen-bond donors (Lipinski definition) is 3. The predicted octanol–water partition coefficient (Wildman–Crippen LogP) is -0.739. The van der Waals surface area contributed by atoms with Crippen LogP contribution in [0.5, 0.6) is 0 Å². The minimum atomic E-state index is -1.17. The van der Waals surface area contributed by atoms with Gasteiger partial charge in [-0.2, -0.15) is 0 Å². The van der Waals surface area contributed by atoms with Crippen molar-refractivity contribution in [1.29, 1.82) is 0 Å². The van der Waals surface area contributed by atoms with Crippen LogP contribution in [0.3, 0.4) is 0 Å². The van der Waals surface area contributed by atoms with E-state index in [1.165, 1.54) is 0 Å². The van der Waals surface area contributed by atoms with Crippen LogP contribution in [-0.4, -0.2) is 28.2 Å². The molecule has 0 aromatic rings. The molecule has 0 saturated heterocycles. The summed E-state index contributed by atoms with van der Waals surface area (Å²) in [4.78, 5) is 19.9. The molecule has 0 aliphatic rings. The summed E-state index contributed by atoms with van der Waals surface area (Å²) in [7, 11) is 0. The van der Waals surface area contributed by atoms with E-state index in [2.05, 4.69) is 0 Å². The quantitative estimate of drug-likeness (QED) is 0.552. The van der Waals surface area contributed by atoms with E-state index in [0.717, 1.165) is 0 Å². The summed E-state index contributed by atoms with van der Waals surface area (Å²) in [5.74, 6) is -2.20. The van der Waals surface area contributed by atoms with Crippen LogP contribution >= 0.6 is 0 Å². The van der Waals surface area contributed by atoms with Crippen LogP contribution in [0.4, 0.5) is 0 Å². The van der Waals surface area contributed by atoms with Crippen LogP contribution in [-0.2, 0) is 28.1 Å². The molecule has 0 aromatic heterocycles. The van der Waals surface area contributed by atoms with E-state index < -0.39 is 18.0 Å². The number of carboxylic acid groups (broad SMARTS) is 2. The molecule has 0 rings (SSSR count). The normalized spacial score (nSPS) is 11.4. The van der Waals surface area contributed by atoms with Gasteiger partial charge in [0.05, 0.1) is 0 Å². The summed E-state index contributed by atoms with van der Waals surface area (Å²) in [6.45, 7) is 0. The number of nitrogens with two attached hydrogens (primary N) is 1. The molecule has 0 aromatic carbocycles. The maximum Gasteiger partial charge on any atom is 0.320 e. The molecule has 5 nitrogen and oxygen atoms in total. The number of carboxylic acids is 2. The van der Waals surface area contributed by atoms with Gasteiger partial charge in [0.25, 0.3) is 0 Å². The Hall–Kier alpha value is -0.516. The molecule has 4 N–H and O–H groups in total. The largest absolute Gasteiger partial charge is 0.481 e. The Labute approximate surface area is 75.5 Å². The third-order valence-electron chi connectivity index (χ3n) is 0.986. The molecule has 11 heavy (non-hydrogen) atoms. The van der Waals surface area contributed by atoms with Gasteiger partial charge in [-0.3, -0.25) is 9.59 Å². The van der Waals surface area contributed by atoms with Crippen molar-refractivity contribution >= 4 is 11.9 Å². The van der Waals surface area contributed by atoms with Gasteiger partial charge in [-0.05, 0) is 6.42 Å². The Bertz CT molecular complexity index is 149. The molecule has 0 amide bonds. The average Bonchev–Trinajstić information content (AvgIpc) is 1.82. The molecular weight excluding hydrogens is 189 g/mol. The van der Waals surface area contributed by atoms with Crippen LogP contribution in [0.2, 0.25) is 0 Å². The van der Waals surface area contributed by atoms with Gasteiger partial charge < -0.3 is 15.9 Å². The first kappa shape index (κ1) is 13.1. The van der Waals surface area contributed by atoms with Crippen LogP contribution in [0.25, 0.3) is 0 Å². The fraction of sp³-hybridized carbons (Fsp3) is 0.600. The summed E-state index contributed by atoms with van der Waals surface area (Å²) in [5, 5.41) is 16.3. The van der Waals surface area contributed by atoms with Gasteiger partial charge in [0.2, 0.25) is 0 Å². The van der Waals surface area contributed by atoms with Crippen molar-refractivity contribution in [2.45, 2.75) is 18.9 Å². The fourth-order valence-corrected chi connectivity index (χ4v) is 0.402. The topological polar surface area (TPSA) is 101 Å². The zero-order valence-electron chi connectivity index (χ0n) is 5.73. The van der Waals surface area contributed by atoms with E-state index in [4.69, 9.17) is 15.9 Å². The van der Waals surface area contributed by atoms with Gasteiger partial charge in [0.15, 0.2) is 0 Å². The zero-order valence-corrected chi connectivity index (χ0v) is 7.12. The molecule has 0 aliphatic heterocycles. The summed E-state index contributed by atoms with van der Waals surface area (Å²) >= 11 is 0. The first-order chi connectivity index (χ1) is 4.54. The van der Waals surface area contributed by atoms with Crippen molar-refractivity contribution in [3.8, 4) is 0 Å². The van der Waals surface area contributed by atoms with Gasteiger partial charge in [-0.25, -0.2) is 0 Å². The van der Waals surface area contributed by atoms with E-state index in [-0.39, 0.29) is 31.4 Å². The maximum atomic E-state index is 9.99. The van der Waals surface area contributed by atoms with Crippen molar-refractivity contribution in [2.75, 3.05) is 0 Å². The van der Waals surface area contributed by atoms with E-state index >= 15 is 0 Å². The predicted molar refractivity (Wildman–Crippen MR) is 32.5 cm³/mol. The van der Waals surface area contributed by atoms with Crippen molar-refractivity contribution in [2.24, 2.45) is 5.73 Å². The molecular formula is C5H9NO4V. The molecule has 63 valence electrons. The first-order valence-corrected chi connectivity index (χ1v) is 2.74. The molecule has 0 fully saturated rings. The Morgan fingerprint density at radius 2 is 1.82 bits per heavy atom. The van der Waals surface area contributed by atoms with Gasteiger partial charge >= 0.3 is 11.9 Å². The molecule has 1 atom stereocenters. The molecule has 0 spiro atoms. The van der Waals surface area contributed by atoms with Crippen LogP contribution in [0.1, 0.15) is 12.8 Å². The summed E-state index contributed by atoms with van der Waals surface area (Å²) in [6.07, 6.45) is -0.224. The number of rotatable bonds is 4. The molecule has 0 unspecified atom stereocenters. The van der Waals surface area contributed by atoms with Crippen LogP contribution in [0, 0.1) is 0 Å². The number of carbonyl (C=O) groups is 2. The zero-order chi connectivity index (χ0) is 8.15. The second-order valence-corrected chi connectivity index (χ2v) is 1.88. The number of hydrogen-bond acceptors (Lipinski definition) is 3. The Morgan fingerprint density at radius 3 is 2.09 bits per heavy atom. The van der Waals surface area contributed by atoms with Gasteiger partial charge in [0.1, 0.15) is 6.04 Å². The minimum absolute atomic E-state index is 0. The van der Waals surface area contributed by atoms with Gasteiger partial charge in [-0.15, -0.1) is 0 Å². The van der Waals surface area contributed by atoms with Gasteiger partial charge in [0, 0.05) is 25.0 Å². The maximum absolute atomic E-state index is 9.99. The van der Waals surface area contributed by atoms with E-state index in [1.54, 1.807) is 0 Å². The molecule has 0 aliphatic carbocycles. The fourth-order valence-electron chi connectivity index (χ4n) is 0.402. The summed E-state index contributed by atoms with van der Waals surface area (Å²) in [5.41, 5.74) is 5.00. The van der Waals surface area contributed by atoms with Crippen LogP contribution < -0.4 is 5.73 Å². The molecule has 0 bridgehead atoms. The monoisotopic (exact) mass is 198 g/mol. The smallest absolute Gasteiger partial charge is 0.320 e. The van der Waals surface area contributed by atoms with Crippen molar-refractivity contribution < 1.29 is 38.4 Å². The Kier molecular flexibility index (Phi) is 7.40. The number of aliphatic carboxylic acids is 2. The second-order valence-electron chi connectivity index (χ2n) is 1.88. The first-order valence-electron chi connectivity index (χ1n) is 2.74. The SMILES string of the molecule is N[C@@H](CCC(=O)O)C(=O)O.[V]. The van der Waals surface area contributed by atoms with Crippen LogP contribution in [0.15, 0.2) is 0 Å². The van der Waals surface area contributed by atoms with E-state index in [9.17, 15) is 9.59 Å². The average molecular weight is 198 g/mol. The third kappa shape index (κ3) is 7.38.